The van der Waals surface area contributed by atoms with Crippen molar-refractivity contribution in [3.05, 3.63) is 18.1 Å². The highest BCUT2D eigenvalue weighted by Gasteiger charge is 1.97. The van der Waals surface area contributed by atoms with E-state index in [0.29, 0.717) is 5.69 Å². The third kappa shape index (κ3) is 1.28. The van der Waals surface area contributed by atoms with Crippen molar-refractivity contribution in [2.24, 2.45) is 0 Å². The molecule has 0 atom stereocenters. The number of hydrogen-bond acceptors (Lipinski definition) is 3. The molecule has 1 rings (SSSR count). The Kier molecular flexibility index (Phi) is 2.30. The molecule has 3 heteroatoms. The molecule has 0 aliphatic heterocycles. The monoisotopic (exact) mass is 150 g/mol. The summed E-state index contributed by atoms with van der Waals surface area (Å²) in [5.41, 5.74) is 0.620. The second kappa shape index (κ2) is 3.23. The van der Waals surface area contributed by atoms with Crippen molar-refractivity contribution in [3.8, 4) is 12.3 Å². The average molecular weight is 150 g/mol. The number of hydrogen-bond donors (Lipinski definition) is 0. The summed E-state index contributed by atoms with van der Waals surface area (Å²) >= 11 is 1.50. The number of rotatable bonds is 1. The Morgan fingerprint density at radius 3 is 2.70 bits per heavy atom. The summed E-state index contributed by atoms with van der Waals surface area (Å²) in [6, 6.07) is 0. The van der Waals surface area contributed by atoms with Gasteiger partial charge in [0, 0.05) is 12.4 Å². The zero-order valence-electron chi connectivity index (χ0n) is 5.53. The van der Waals surface area contributed by atoms with Crippen LogP contribution in [0.4, 0.5) is 0 Å². The van der Waals surface area contributed by atoms with Crippen LogP contribution in [0.1, 0.15) is 5.69 Å². The van der Waals surface area contributed by atoms with E-state index in [1.807, 2.05) is 6.26 Å². The van der Waals surface area contributed by atoms with Gasteiger partial charge in [-0.05, 0) is 12.2 Å². The van der Waals surface area contributed by atoms with Crippen LogP contribution in [0.3, 0.4) is 0 Å². The normalized spacial score (nSPS) is 8.80. The summed E-state index contributed by atoms with van der Waals surface area (Å²) in [6.07, 6.45) is 10.3. The molecule has 1 aromatic rings. The maximum Gasteiger partial charge on any atom is 0.145 e. The van der Waals surface area contributed by atoms with Crippen molar-refractivity contribution in [1.29, 1.82) is 0 Å². The Labute approximate surface area is 64.1 Å². The first-order chi connectivity index (χ1) is 4.88. The van der Waals surface area contributed by atoms with E-state index in [0.717, 1.165) is 5.03 Å². The van der Waals surface area contributed by atoms with Crippen LogP contribution < -0.4 is 0 Å². The molecule has 0 aliphatic rings. The third-order valence-corrected chi connectivity index (χ3v) is 1.68. The van der Waals surface area contributed by atoms with Crippen molar-refractivity contribution in [1.82, 2.24) is 9.97 Å². The van der Waals surface area contributed by atoms with Gasteiger partial charge in [0.15, 0.2) is 0 Å². The van der Waals surface area contributed by atoms with Crippen molar-refractivity contribution in [2.45, 2.75) is 5.03 Å². The average Bonchev–Trinajstić information content (AvgIpc) is 2.04. The van der Waals surface area contributed by atoms with Gasteiger partial charge < -0.3 is 0 Å². The molecule has 1 aromatic heterocycles. The van der Waals surface area contributed by atoms with Gasteiger partial charge in [-0.1, -0.05) is 0 Å². The van der Waals surface area contributed by atoms with E-state index in [9.17, 15) is 0 Å². The molecular weight excluding hydrogens is 144 g/mol. The molecule has 0 aromatic carbocycles. The largest absolute Gasteiger partial charge is 0.245 e. The fraction of sp³-hybridized carbons (Fsp3) is 0.143. The zero-order valence-corrected chi connectivity index (χ0v) is 6.35. The highest BCUT2D eigenvalue weighted by Crippen LogP contribution is 2.12. The molecule has 0 unspecified atom stereocenters. The maximum absolute atomic E-state index is 5.16. The highest BCUT2D eigenvalue weighted by atomic mass is 32.2. The molecule has 0 saturated heterocycles. The molecule has 0 radical (unpaired) electrons. The predicted octanol–water partition coefficient (Wildman–Crippen LogP) is 1.18. The van der Waals surface area contributed by atoms with Crippen LogP contribution in [-0.4, -0.2) is 16.2 Å². The van der Waals surface area contributed by atoms with Gasteiger partial charge in [0.05, 0.1) is 0 Å². The van der Waals surface area contributed by atoms with Crippen LogP contribution in [0, 0.1) is 12.3 Å². The lowest BCUT2D eigenvalue weighted by Crippen LogP contribution is -1.87. The second-order valence-electron chi connectivity index (χ2n) is 1.56. The van der Waals surface area contributed by atoms with E-state index in [1.54, 1.807) is 12.4 Å². The summed E-state index contributed by atoms with van der Waals surface area (Å²) in [4.78, 5) is 7.97. The van der Waals surface area contributed by atoms with Crippen molar-refractivity contribution in [3.63, 3.8) is 0 Å². The van der Waals surface area contributed by atoms with Crippen LogP contribution in [-0.2, 0) is 0 Å². The Morgan fingerprint density at radius 1 is 1.50 bits per heavy atom. The van der Waals surface area contributed by atoms with Crippen molar-refractivity contribution >= 4 is 11.8 Å². The van der Waals surface area contributed by atoms with Gasteiger partial charge in [-0.25, -0.2) is 9.97 Å². The topological polar surface area (TPSA) is 25.8 Å². The van der Waals surface area contributed by atoms with E-state index in [4.69, 9.17) is 6.42 Å². The lowest BCUT2D eigenvalue weighted by Gasteiger charge is -1.94. The first-order valence-electron chi connectivity index (χ1n) is 2.70. The molecular formula is C7H6N2S. The van der Waals surface area contributed by atoms with Crippen LogP contribution in [0.2, 0.25) is 0 Å². The molecule has 1 heterocycles. The highest BCUT2D eigenvalue weighted by molar-refractivity contribution is 7.98. The summed E-state index contributed by atoms with van der Waals surface area (Å²) in [5.74, 6) is 2.45. The standard InChI is InChI=1S/C7H6N2S/c1-3-6-7(10-2)9-5-4-8-6/h1,4-5H,2H3. The van der Waals surface area contributed by atoms with Gasteiger partial charge in [0.25, 0.3) is 0 Å². The van der Waals surface area contributed by atoms with Crippen LogP contribution in [0.15, 0.2) is 17.4 Å². The Morgan fingerprint density at radius 2 is 2.20 bits per heavy atom. The zero-order chi connectivity index (χ0) is 7.40. The minimum Gasteiger partial charge on any atom is -0.245 e. The predicted molar refractivity (Wildman–Crippen MR) is 41.7 cm³/mol. The number of thioether (sulfide) groups is 1. The third-order valence-electron chi connectivity index (χ3n) is 0.995. The van der Waals surface area contributed by atoms with E-state index >= 15 is 0 Å². The smallest absolute Gasteiger partial charge is 0.145 e. The van der Waals surface area contributed by atoms with E-state index in [-0.39, 0.29) is 0 Å². The number of aromatic nitrogens is 2. The molecule has 10 heavy (non-hydrogen) atoms. The van der Waals surface area contributed by atoms with Gasteiger partial charge in [-0.3, -0.25) is 0 Å². The first kappa shape index (κ1) is 7.10. The molecule has 2 nitrogen and oxygen atoms in total. The molecule has 0 fully saturated rings. The summed E-state index contributed by atoms with van der Waals surface area (Å²) in [7, 11) is 0. The molecule has 0 amide bonds. The Balaban J connectivity index is 3.12. The molecule has 50 valence electrons. The van der Waals surface area contributed by atoms with Crippen LogP contribution in [0.25, 0.3) is 0 Å². The van der Waals surface area contributed by atoms with Gasteiger partial charge in [0.2, 0.25) is 0 Å². The Hall–Kier alpha value is -1.01. The lowest BCUT2D eigenvalue weighted by atomic mass is 10.5. The molecule has 0 saturated carbocycles. The fourth-order valence-corrected chi connectivity index (χ4v) is 1.04. The number of nitrogens with zero attached hydrogens (tertiary/aromatic N) is 2. The van der Waals surface area contributed by atoms with Gasteiger partial charge in [0.1, 0.15) is 10.7 Å². The quantitative estimate of drug-likeness (QED) is 0.444. The molecule has 0 bridgehead atoms. The Bertz CT molecular complexity index is 265. The molecule has 0 aliphatic carbocycles. The number of terminal acetylenes is 1. The van der Waals surface area contributed by atoms with Crippen molar-refractivity contribution in [2.75, 3.05) is 6.26 Å². The van der Waals surface area contributed by atoms with E-state index in [1.165, 1.54) is 11.8 Å². The fourth-order valence-electron chi connectivity index (χ4n) is 0.574. The lowest BCUT2D eigenvalue weighted by molar-refractivity contribution is 1.03. The minimum absolute atomic E-state index is 0.620. The minimum atomic E-state index is 0.620. The first-order valence-corrected chi connectivity index (χ1v) is 3.92. The van der Waals surface area contributed by atoms with Gasteiger partial charge >= 0.3 is 0 Å². The van der Waals surface area contributed by atoms with Crippen LogP contribution in [0.5, 0.6) is 0 Å². The van der Waals surface area contributed by atoms with Crippen molar-refractivity contribution < 1.29 is 0 Å². The SMILES string of the molecule is C#Cc1nccnc1SC. The maximum atomic E-state index is 5.16. The summed E-state index contributed by atoms with van der Waals surface area (Å²) in [6.45, 7) is 0. The second-order valence-corrected chi connectivity index (χ2v) is 2.35. The van der Waals surface area contributed by atoms with Gasteiger partial charge in [-0.15, -0.1) is 18.2 Å². The summed E-state index contributed by atoms with van der Waals surface area (Å²) in [5, 5.41) is 0.810. The van der Waals surface area contributed by atoms with Gasteiger partial charge in [-0.2, -0.15) is 0 Å². The van der Waals surface area contributed by atoms with Crippen LogP contribution >= 0.6 is 11.8 Å². The summed E-state index contributed by atoms with van der Waals surface area (Å²) < 4.78 is 0. The van der Waals surface area contributed by atoms with E-state index < -0.39 is 0 Å². The molecule has 0 N–H and O–H groups in total. The molecule has 0 spiro atoms. The van der Waals surface area contributed by atoms with E-state index in [2.05, 4.69) is 15.9 Å².